The summed E-state index contributed by atoms with van der Waals surface area (Å²) in [6.07, 6.45) is 5.09. The van der Waals surface area contributed by atoms with Crippen LogP contribution in [0.15, 0.2) is 24.3 Å². The molecule has 1 fully saturated rings. The third kappa shape index (κ3) is 5.08. The summed E-state index contributed by atoms with van der Waals surface area (Å²) in [5, 5.41) is 12.2. The molecule has 0 bridgehead atoms. The number of hydrogen-bond donors (Lipinski definition) is 2. The summed E-state index contributed by atoms with van der Waals surface area (Å²) in [7, 11) is 0. The lowest BCUT2D eigenvalue weighted by atomic mass is 9.85. The van der Waals surface area contributed by atoms with Gasteiger partial charge in [-0.3, -0.25) is 9.59 Å². The molecule has 0 spiro atoms. The standard InChI is InChI=1S/C20H29NO3/c1-20(2,3)16-11-9-14(10-12-16)17(13-18(22)23)21-19(24)15-7-5-4-6-8-15/h9-12,15,17H,4-8,13H2,1-3H3,(H,21,24)(H,22,23)/t17-/m1/s1. The highest BCUT2D eigenvalue weighted by atomic mass is 16.4. The molecule has 132 valence electrons. The van der Waals surface area contributed by atoms with Crippen molar-refractivity contribution in [3.63, 3.8) is 0 Å². The van der Waals surface area contributed by atoms with E-state index in [1.54, 1.807) is 0 Å². The van der Waals surface area contributed by atoms with E-state index in [2.05, 4.69) is 26.1 Å². The first kappa shape index (κ1) is 18.5. The fourth-order valence-electron chi connectivity index (χ4n) is 3.30. The minimum atomic E-state index is -0.899. The van der Waals surface area contributed by atoms with E-state index in [-0.39, 0.29) is 23.7 Å². The predicted molar refractivity (Wildman–Crippen MR) is 94.9 cm³/mol. The van der Waals surface area contributed by atoms with Gasteiger partial charge >= 0.3 is 5.97 Å². The molecule has 0 aliphatic heterocycles. The maximum atomic E-state index is 12.5. The molecular formula is C20H29NO3. The summed E-state index contributed by atoms with van der Waals surface area (Å²) in [6, 6.07) is 7.46. The number of hydrogen-bond acceptors (Lipinski definition) is 2. The number of carbonyl (C=O) groups is 2. The van der Waals surface area contributed by atoms with Gasteiger partial charge in [-0.05, 0) is 29.4 Å². The first-order valence-electron chi connectivity index (χ1n) is 8.90. The molecule has 2 rings (SSSR count). The van der Waals surface area contributed by atoms with Crippen LogP contribution in [0.5, 0.6) is 0 Å². The number of benzene rings is 1. The third-order valence-corrected chi connectivity index (χ3v) is 4.85. The van der Waals surface area contributed by atoms with E-state index >= 15 is 0 Å². The number of carbonyl (C=O) groups excluding carboxylic acids is 1. The third-order valence-electron chi connectivity index (χ3n) is 4.85. The van der Waals surface area contributed by atoms with Crippen LogP contribution in [0.25, 0.3) is 0 Å². The van der Waals surface area contributed by atoms with Crippen molar-refractivity contribution in [2.45, 2.75) is 70.8 Å². The van der Waals surface area contributed by atoms with Gasteiger partial charge in [0.2, 0.25) is 5.91 Å². The molecule has 0 unspecified atom stereocenters. The second-order valence-electron chi connectivity index (χ2n) is 7.87. The number of carboxylic acid groups (broad SMARTS) is 1. The molecule has 1 saturated carbocycles. The van der Waals surface area contributed by atoms with E-state index in [0.717, 1.165) is 31.2 Å². The molecule has 0 radical (unpaired) electrons. The smallest absolute Gasteiger partial charge is 0.305 e. The van der Waals surface area contributed by atoms with Gasteiger partial charge in [0.1, 0.15) is 0 Å². The van der Waals surface area contributed by atoms with Crippen LogP contribution in [-0.4, -0.2) is 17.0 Å². The van der Waals surface area contributed by atoms with Crippen LogP contribution >= 0.6 is 0 Å². The van der Waals surface area contributed by atoms with E-state index in [1.165, 1.54) is 12.0 Å². The molecule has 1 atom stereocenters. The topological polar surface area (TPSA) is 66.4 Å². The quantitative estimate of drug-likeness (QED) is 0.850. The van der Waals surface area contributed by atoms with E-state index in [4.69, 9.17) is 0 Å². The van der Waals surface area contributed by atoms with Gasteiger partial charge in [-0.15, -0.1) is 0 Å². The van der Waals surface area contributed by atoms with Crippen LogP contribution < -0.4 is 5.32 Å². The van der Waals surface area contributed by atoms with Crippen LogP contribution in [-0.2, 0) is 15.0 Å². The Balaban J connectivity index is 2.12. The van der Waals surface area contributed by atoms with Gasteiger partial charge in [-0.1, -0.05) is 64.3 Å². The Bertz CT molecular complexity index is 566. The average molecular weight is 331 g/mol. The summed E-state index contributed by atoms with van der Waals surface area (Å²) in [5.74, 6) is -0.867. The van der Waals surface area contributed by atoms with E-state index in [0.29, 0.717) is 0 Å². The highest BCUT2D eigenvalue weighted by Gasteiger charge is 2.25. The molecule has 0 heterocycles. The monoisotopic (exact) mass is 331 g/mol. The first-order valence-corrected chi connectivity index (χ1v) is 8.90. The van der Waals surface area contributed by atoms with Gasteiger partial charge in [-0.25, -0.2) is 0 Å². The number of rotatable bonds is 5. The number of aliphatic carboxylic acids is 1. The van der Waals surface area contributed by atoms with Crippen LogP contribution in [0.4, 0.5) is 0 Å². The zero-order valence-corrected chi connectivity index (χ0v) is 15.0. The molecule has 1 aliphatic rings. The SMILES string of the molecule is CC(C)(C)c1ccc([C@@H](CC(=O)O)NC(=O)C2CCCCC2)cc1. The van der Waals surface area contributed by atoms with Gasteiger partial charge < -0.3 is 10.4 Å². The zero-order chi connectivity index (χ0) is 17.7. The molecule has 0 saturated heterocycles. The molecule has 4 heteroatoms. The summed E-state index contributed by atoms with van der Waals surface area (Å²) >= 11 is 0. The maximum absolute atomic E-state index is 12.5. The van der Waals surface area contributed by atoms with Gasteiger partial charge in [-0.2, -0.15) is 0 Å². The van der Waals surface area contributed by atoms with Gasteiger partial charge in [0, 0.05) is 5.92 Å². The Labute approximate surface area is 144 Å². The van der Waals surface area contributed by atoms with E-state index < -0.39 is 12.0 Å². The Morgan fingerprint density at radius 2 is 1.71 bits per heavy atom. The molecule has 0 aromatic heterocycles. The first-order chi connectivity index (χ1) is 11.3. The van der Waals surface area contributed by atoms with Crippen molar-refractivity contribution < 1.29 is 14.7 Å². The molecule has 2 N–H and O–H groups in total. The summed E-state index contributed by atoms with van der Waals surface area (Å²) in [4.78, 5) is 23.7. The Hall–Kier alpha value is -1.84. The van der Waals surface area contributed by atoms with Crippen molar-refractivity contribution in [1.82, 2.24) is 5.32 Å². The van der Waals surface area contributed by atoms with Gasteiger partial charge in [0.15, 0.2) is 0 Å². The van der Waals surface area contributed by atoms with Crippen molar-refractivity contribution in [2.75, 3.05) is 0 Å². The molecule has 1 aliphatic carbocycles. The van der Waals surface area contributed by atoms with Gasteiger partial charge in [0.05, 0.1) is 12.5 Å². The van der Waals surface area contributed by atoms with Crippen molar-refractivity contribution in [2.24, 2.45) is 5.92 Å². The van der Waals surface area contributed by atoms with Crippen molar-refractivity contribution in [1.29, 1.82) is 0 Å². The average Bonchev–Trinajstić information content (AvgIpc) is 2.54. The van der Waals surface area contributed by atoms with Crippen molar-refractivity contribution in [3.05, 3.63) is 35.4 Å². The lowest BCUT2D eigenvalue weighted by Crippen LogP contribution is -2.36. The lowest BCUT2D eigenvalue weighted by molar-refractivity contribution is -0.138. The number of amides is 1. The highest BCUT2D eigenvalue weighted by molar-refractivity contribution is 5.80. The summed E-state index contributed by atoms with van der Waals surface area (Å²) in [6.45, 7) is 6.42. The number of nitrogens with one attached hydrogen (secondary N) is 1. The molecule has 1 amide bonds. The minimum absolute atomic E-state index is 0.000785. The molecule has 4 nitrogen and oxygen atoms in total. The molecule has 24 heavy (non-hydrogen) atoms. The van der Waals surface area contributed by atoms with Crippen molar-refractivity contribution >= 4 is 11.9 Å². The summed E-state index contributed by atoms with van der Waals surface area (Å²) in [5.41, 5.74) is 2.10. The second-order valence-corrected chi connectivity index (χ2v) is 7.87. The Kier molecular flexibility index (Phi) is 6.03. The van der Waals surface area contributed by atoms with Crippen LogP contribution in [0, 0.1) is 5.92 Å². The van der Waals surface area contributed by atoms with Gasteiger partial charge in [0.25, 0.3) is 0 Å². The van der Waals surface area contributed by atoms with Crippen LogP contribution in [0.3, 0.4) is 0 Å². The summed E-state index contributed by atoms with van der Waals surface area (Å²) < 4.78 is 0. The normalized spacial score (nSPS) is 17.3. The van der Waals surface area contributed by atoms with Crippen LogP contribution in [0.2, 0.25) is 0 Å². The Morgan fingerprint density at radius 3 is 2.21 bits per heavy atom. The van der Waals surface area contributed by atoms with E-state index in [9.17, 15) is 14.7 Å². The lowest BCUT2D eigenvalue weighted by Gasteiger charge is -2.25. The molecule has 1 aromatic rings. The zero-order valence-electron chi connectivity index (χ0n) is 15.0. The second kappa shape index (κ2) is 7.82. The maximum Gasteiger partial charge on any atom is 0.305 e. The minimum Gasteiger partial charge on any atom is -0.481 e. The van der Waals surface area contributed by atoms with Crippen LogP contribution in [0.1, 0.15) is 76.5 Å². The fraction of sp³-hybridized carbons (Fsp3) is 0.600. The Morgan fingerprint density at radius 1 is 1.12 bits per heavy atom. The van der Waals surface area contributed by atoms with E-state index in [1.807, 2.05) is 24.3 Å². The molecule has 1 aromatic carbocycles. The largest absolute Gasteiger partial charge is 0.481 e. The number of carboxylic acids is 1. The predicted octanol–water partition coefficient (Wildman–Crippen LogP) is 4.20. The highest BCUT2D eigenvalue weighted by Crippen LogP contribution is 2.27. The molecular weight excluding hydrogens is 302 g/mol. The fourth-order valence-corrected chi connectivity index (χ4v) is 3.30. The van der Waals surface area contributed by atoms with Crippen molar-refractivity contribution in [3.8, 4) is 0 Å².